The number of benzene rings is 2. The van der Waals surface area contributed by atoms with Gasteiger partial charge in [-0.2, -0.15) is 8.42 Å². The second-order valence-corrected chi connectivity index (χ2v) is 7.57. The summed E-state index contributed by atoms with van der Waals surface area (Å²) in [5.74, 6) is 0. The highest BCUT2D eigenvalue weighted by Crippen LogP contribution is 2.24. The lowest BCUT2D eigenvalue weighted by Crippen LogP contribution is -1.98. The van der Waals surface area contributed by atoms with Gasteiger partial charge in [-0.1, -0.05) is 69.7 Å². The summed E-state index contributed by atoms with van der Waals surface area (Å²) in [6, 6.07) is 10.8. The molecule has 126 valence electrons. The van der Waals surface area contributed by atoms with Gasteiger partial charge in [-0.25, -0.2) is 0 Å². The van der Waals surface area contributed by atoms with E-state index in [2.05, 4.69) is 6.92 Å². The van der Waals surface area contributed by atoms with Crippen molar-refractivity contribution in [1.82, 2.24) is 0 Å². The van der Waals surface area contributed by atoms with Crippen molar-refractivity contribution in [2.75, 3.05) is 0 Å². The van der Waals surface area contributed by atoms with E-state index in [1.54, 1.807) is 12.1 Å². The minimum Gasteiger partial charge on any atom is -0.282 e. The minimum atomic E-state index is -4.15. The van der Waals surface area contributed by atoms with Gasteiger partial charge >= 0.3 is 0 Å². The van der Waals surface area contributed by atoms with Gasteiger partial charge in [-0.15, -0.1) is 0 Å². The Hall–Kier alpha value is -1.39. The van der Waals surface area contributed by atoms with Gasteiger partial charge in [-0.05, 0) is 41.3 Å². The molecule has 0 unspecified atom stereocenters. The lowest BCUT2D eigenvalue weighted by Gasteiger charge is -2.08. The summed E-state index contributed by atoms with van der Waals surface area (Å²) in [6.07, 6.45) is 9.74. The monoisotopic (exact) mass is 334 g/mol. The first kappa shape index (κ1) is 18.0. The smallest absolute Gasteiger partial charge is 0.282 e. The van der Waals surface area contributed by atoms with Gasteiger partial charge in [0.05, 0.1) is 4.90 Å². The third-order valence-corrected chi connectivity index (χ3v) is 5.14. The van der Waals surface area contributed by atoms with Crippen LogP contribution in [0.3, 0.4) is 0 Å². The average molecular weight is 334 g/mol. The number of fused-ring (bicyclic) bond motifs is 1. The molecule has 0 amide bonds. The number of unbranched alkanes of at least 4 members (excludes halogenated alkanes) is 6. The molecule has 0 spiro atoms. The Kier molecular flexibility index (Phi) is 6.60. The van der Waals surface area contributed by atoms with Gasteiger partial charge in [0.25, 0.3) is 10.1 Å². The van der Waals surface area contributed by atoms with Crippen molar-refractivity contribution in [3.63, 3.8) is 0 Å². The van der Waals surface area contributed by atoms with Gasteiger partial charge in [0.1, 0.15) is 0 Å². The third kappa shape index (κ3) is 5.33. The third-order valence-electron chi connectivity index (χ3n) is 4.29. The molecule has 0 fully saturated rings. The Morgan fingerprint density at radius 1 is 0.913 bits per heavy atom. The van der Waals surface area contributed by atoms with Crippen LogP contribution in [0.25, 0.3) is 10.8 Å². The van der Waals surface area contributed by atoms with Crippen LogP contribution >= 0.6 is 0 Å². The maximum Gasteiger partial charge on any atom is 0.294 e. The first-order chi connectivity index (χ1) is 11.0. The summed E-state index contributed by atoms with van der Waals surface area (Å²) in [5.41, 5.74) is 1.15. The van der Waals surface area contributed by atoms with Crippen molar-refractivity contribution in [2.24, 2.45) is 0 Å². The molecule has 0 radical (unpaired) electrons. The molecular formula is C19H26O3S. The second kappa shape index (κ2) is 8.46. The summed E-state index contributed by atoms with van der Waals surface area (Å²) in [5, 5.41) is 1.94. The van der Waals surface area contributed by atoms with E-state index in [1.165, 1.54) is 44.6 Å². The Morgan fingerprint density at radius 2 is 1.61 bits per heavy atom. The van der Waals surface area contributed by atoms with E-state index in [1.807, 2.05) is 18.2 Å². The summed E-state index contributed by atoms with van der Waals surface area (Å²) < 4.78 is 31.9. The zero-order chi connectivity index (χ0) is 16.7. The van der Waals surface area contributed by atoms with Crippen LogP contribution in [0.4, 0.5) is 0 Å². The number of hydrogen-bond acceptors (Lipinski definition) is 2. The predicted molar refractivity (Wildman–Crippen MR) is 95.5 cm³/mol. The van der Waals surface area contributed by atoms with Crippen molar-refractivity contribution in [3.8, 4) is 0 Å². The van der Waals surface area contributed by atoms with Crippen molar-refractivity contribution in [3.05, 3.63) is 42.0 Å². The SMILES string of the molecule is CCCCCCCCCc1cccc2ccc(S(=O)(=O)O)cc12. The predicted octanol–water partition coefficient (Wildman–Crippen LogP) is 5.38. The van der Waals surface area contributed by atoms with E-state index < -0.39 is 10.1 Å². The number of aryl methyl sites for hydroxylation is 1. The van der Waals surface area contributed by atoms with E-state index in [9.17, 15) is 13.0 Å². The van der Waals surface area contributed by atoms with Crippen molar-refractivity contribution < 1.29 is 13.0 Å². The maximum atomic E-state index is 11.3. The normalized spacial score (nSPS) is 11.9. The topological polar surface area (TPSA) is 54.4 Å². The molecule has 3 nitrogen and oxygen atoms in total. The fourth-order valence-corrected chi connectivity index (χ4v) is 3.47. The molecule has 0 atom stereocenters. The molecule has 0 saturated heterocycles. The Morgan fingerprint density at radius 3 is 2.30 bits per heavy atom. The first-order valence-electron chi connectivity index (χ1n) is 8.51. The minimum absolute atomic E-state index is 0.0305. The molecule has 1 N–H and O–H groups in total. The van der Waals surface area contributed by atoms with Crippen LogP contribution in [0.5, 0.6) is 0 Å². The van der Waals surface area contributed by atoms with Crippen LogP contribution in [0.15, 0.2) is 41.3 Å². The molecule has 0 heterocycles. The van der Waals surface area contributed by atoms with Crippen LogP contribution in [0, 0.1) is 0 Å². The molecule has 0 aliphatic rings. The van der Waals surface area contributed by atoms with Crippen LogP contribution in [-0.4, -0.2) is 13.0 Å². The van der Waals surface area contributed by atoms with Gasteiger partial charge < -0.3 is 0 Å². The molecule has 0 saturated carbocycles. The van der Waals surface area contributed by atoms with E-state index >= 15 is 0 Å². The first-order valence-corrected chi connectivity index (χ1v) is 9.95. The molecule has 0 aromatic heterocycles. The highest BCUT2D eigenvalue weighted by atomic mass is 32.2. The molecule has 0 aliphatic heterocycles. The molecule has 2 aromatic carbocycles. The van der Waals surface area contributed by atoms with E-state index in [-0.39, 0.29) is 4.90 Å². The number of hydrogen-bond donors (Lipinski definition) is 1. The quantitative estimate of drug-likeness (QED) is 0.495. The second-order valence-electron chi connectivity index (χ2n) is 6.15. The summed E-state index contributed by atoms with van der Waals surface area (Å²) in [7, 11) is -4.15. The summed E-state index contributed by atoms with van der Waals surface area (Å²) in [6.45, 7) is 2.22. The standard InChI is InChI=1S/C19H26O3S/c1-2-3-4-5-6-7-8-10-16-11-9-12-17-13-14-18(15-19(16)17)23(20,21)22/h9,11-15H,2-8,10H2,1H3,(H,20,21,22). The Balaban J connectivity index is 2.02. The lowest BCUT2D eigenvalue weighted by atomic mass is 9.99. The van der Waals surface area contributed by atoms with Crippen LogP contribution in [-0.2, 0) is 16.5 Å². The van der Waals surface area contributed by atoms with E-state index in [4.69, 9.17) is 0 Å². The van der Waals surface area contributed by atoms with Crippen molar-refractivity contribution >= 4 is 20.9 Å². The molecular weight excluding hydrogens is 308 g/mol. The average Bonchev–Trinajstić information content (AvgIpc) is 2.53. The molecule has 0 bridgehead atoms. The molecule has 23 heavy (non-hydrogen) atoms. The molecule has 4 heteroatoms. The van der Waals surface area contributed by atoms with Gasteiger partial charge in [-0.3, -0.25) is 4.55 Å². The zero-order valence-electron chi connectivity index (χ0n) is 13.8. The summed E-state index contributed by atoms with van der Waals surface area (Å²) in [4.78, 5) is -0.0305. The van der Waals surface area contributed by atoms with Crippen LogP contribution in [0.2, 0.25) is 0 Å². The summed E-state index contributed by atoms with van der Waals surface area (Å²) >= 11 is 0. The Bertz CT molecular complexity index is 735. The van der Waals surface area contributed by atoms with Crippen molar-refractivity contribution in [2.45, 2.75) is 63.2 Å². The van der Waals surface area contributed by atoms with Gasteiger partial charge in [0.2, 0.25) is 0 Å². The highest BCUT2D eigenvalue weighted by molar-refractivity contribution is 7.85. The maximum absolute atomic E-state index is 11.3. The number of rotatable bonds is 9. The van der Waals surface area contributed by atoms with E-state index in [0.29, 0.717) is 0 Å². The molecule has 2 aromatic rings. The van der Waals surface area contributed by atoms with Gasteiger partial charge in [0, 0.05) is 0 Å². The van der Waals surface area contributed by atoms with Crippen LogP contribution < -0.4 is 0 Å². The molecule has 2 rings (SSSR count). The largest absolute Gasteiger partial charge is 0.294 e. The fraction of sp³-hybridized carbons (Fsp3) is 0.474. The zero-order valence-corrected chi connectivity index (χ0v) is 14.6. The molecule has 0 aliphatic carbocycles. The van der Waals surface area contributed by atoms with E-state index in [0.717, 1.165) is 29.2 Å². The fourth-order valence-electron chi connectivity index (χ4n) is 2.97. The van der Waals surface area contributed by atoms with Gasteiger partial charge in [0.15, 0.2) is 0 Å². The van der Waals surface area contributed by atoms with Crippen molar-refractivity contribution in [1.29, 1.82) is 0 Å². The highest BCUT2D eigenvalue weighted by Gasteiger charge is 2.11. The lowest BCUT2D eigenvalue weighted by molar-refractivity contribution is 0.483. The Labute approximate surface area is 139 Å². The van der Waals surface area contributed by atoms with Crippen LogP contribution in [0.1, 0.15) is 57.4 Å².